The summed E-state index contributed by atoms with van der Waals surface area (Å²) in [5.74, 6) is 0.217. The summed E-state index contributed by atoms with van der Waals surface area (Å²) >= 11 is 0. The lowest BCUT2D eigenvalue weighted by atomic mass is 9.98. The van der Waals surface area contributed by atoms with Gasteiger partial charge in [-0.25, -0.2) is 4.63 Å². The number of benzene rings is 1. The number of piperidine rings is 1. The third kappa shape index (κ3) is 2.07. The topological polar surface area (TPSA) is 106 Å². The Kier molecular flexibility index (Phi) is 3.23. The molecule has 8 nitrogen and oxygen atoms in total. The molecule has 1 aromatic carbocycles. The van der Waals surface area contributed by atoms with Gasteiger partial charge in [-0.2, -0.15) is 0 Å². The van der Waals surface area contributed by atoms with E-state index in [9.17, 15) is 15.2 Å². The van der Waals surface area contributed by atoms with Crippen LogP contribution in [0.5, 0.6) is 0 Å². The normalized spacial score (nSPS) is 19.4. The number of aromatic nitrogens is 2. The third-order valence-corrected chi connectivity index (χ3v) is 3.69. The number of nitro groups is 1. The summed E-state index contributed by atoms with van der Waals surface area (Å²) in [7, 11) is 0. The summed E-state index contributed by atoms with van der Waals surface area (Å²) in [4.78, 5) is 12.5. The van der Waals surface area contributed by atoms with Gasteiger partial charge in [0.25, 0.3) is 0 Å². The molecular formula is C12H14N4O4. The van der Waals surface area contributed by atoms with Crippen LogP contribution in [0.3, 0.4) is 0 Å². The number of nitro benzene ring substituents is 1. The van der Waals surface area contributed by atoms with Crippen LogP contribution in [0.1, 0.15) is 12.8 Å². The van der Waals surface area contributed by atoms with Gasteiger partial charge in [-0.05, 0) is 35.1 Å². The molecule has 2 aromatic rings. The number of rotatable bonds is 3. The molecule has 0 unspecified atom stereocenters. The number of fused-ring (bicyclic) bond motifs is 1. The van der Waals surface area contributed by atoms with Gasteiger partial charge in [0.1, 0.15) is 0 Å². The van der Waals surface area contributed by atoms with Crippen LogP contribution in [-0.2, 0) is 0 Å². The Labute approximate surface area is 114 Å². The second-order valence-corrected chi connectivity index (χ2v) is 4.96. The molecule has 1 saturated heterocycles. The standard InChI is InChI=1S/C12H14N4O4/c17-7-8-2-1-5-15(6-8)9-3-4-10(16(18)19)12-11(9)13-20-14-12/h3-4,8,17H,1-2,5-7H2/t8-/m0/s1. The van der Waals surface area contributed by atoms with Crippen molar-refractivity contribution in [2.45, 2.75) is 12.8 Å². The molecule has 1 aromatic heterocycles. The van der Waals surface area contributed by atoms with Crippen LogP contribution in [0.4, 0.5) is 11.4 Å². The second-order valence-electron chi connectivity index (χ2n) is 4.96. The molecule has 3 rings (SSSR count). The summed E-state index contributed by atoms with van der Waals surface area (Å²) in [5, 5.41) is 27.7. The monoisotopic (exact) mass is 278 g/mol. The van der Waals surface area contributed by atoms with Crippen molar-refractivity contribution in [2.24, 2.45) is 5.92 Å². The van der Waals surface area contributed by atoms with Gasteiger partial charge in [-0.3, -0.25) is 10.1 Å². The fraction of sp³-hybridized carbons (Fsp3) is 0.500. The van der Waals surface area contributed by atoms with Crippen LogP contribution in [0.2, 0.25) is 0 Å². The van der Waals surface area contributed by atoms with Gasteiger partial charge in [-0.1, -0.05) is 0 Å². The van der Waals surface area contributed by atoms with E-state index in [2.05, 4.69) is 19.8 Å². The summed E-state index contributed by atoms with van der Waals surface area (Å²) < 4.78 is 4.66. The van der Waals surface area contributed by atoms with E-state index < -0.39 is 4.92 Å². The van der Waals surface area contributed by atoms with Crippen LogP contribution >= 0.6 is 0 Å². The summed E-state index contributed by atoms with van der Waals surface area (Å²) in [6.45, 7) is 1.68. The first kappa shape index (κ1) is 12.8. The van der Waals surface area contributed by atoms with Gasteiger partial charge in [-0.15, -0.1) is 0 Å². The van der Waals surface area contributed by atoms with Crippen LogP contribution in [0.25, 0.3) is 11.0 Å². The first-order chi connectivity index (χ1) is 9.70. The Balaban J connectivity index is 2.02. The van der Waals surface area contributed by atoms with Gasteiger partial charge in [0.15, 0.2) is 5.52 Å². The second kappa shape index (κ2) is 5.04. The highest BCUT2D eigenvalue weighted by Crippen LogP contribution is 2.33. The van der Waals surface area contributed by atoms with E-state index >= 15 is 0 Å². The highest BCUT2D eigenvalue weighted by molar-refractivity contribution is 5.93. The Hall–Kier alpha value is -2.22. The molecule has 106 valence electrons. The van der Waals surface area contributed by atoms with E-state index in [0.29, 0.717) is 12.1 Å². The van der Waals surface area contributed by atoms with Crippen molar-refractivity contribution in [3.63, 3.8) is 0 Å². The van der Waals surface area contributed by atoms with E-state index in [-0.39, 0.29) is 23.7 Å². The molecule has 1 N–H and O–H groups in total. The third-order valence-electron chi connectivity index (χ3n) is 3.69. The SMILES string of the molecule is O=[N+]([O-])c1ccc(N2CCC[C@H](CO)C2)c2nonc12. The zero-order chi connectivity index (χ0) is 14.1. The van der Waals surface area contributed by atoms with Crippen molar-refractivity contribution in [2.75, 3.05) is 24.6 Å². The molecule has 2 heterocycles. The van der Waals surface area contributed by atoms with Crippen molar-refractivity contribution in [1.29, 1.82) is 0 Å². The smallest absolute Gasteiger partial charge is 0.300 e. The number of non-ortho nitro benzene ring substituents is 1. The minimum atomic E-state index is -0.497. The predicted octanol–water partition coefficient (Wildman–Crippen LogP) is 1.34. The lowest BCUT2D eigenvalue weighted by molar-refractivity contribution is -0.383. The molecule has 0 radical (unpaired) electrons. The zero-order valence-corrected chi connectivity index (χ0v) is 10.7. The molecule has 0 spiro atoms. The van der Waals surface area contributed by atoms with Gasteiger partial charge >= 0.3 is 5.69 Å². The number of aliphatic hydroxyl groups is 1. The molecule has 0 saturated carbocycles. The van der Waals surface area contributed by atoms with Crippen molar-refractivity contribution in [3.8, 4) is 0 Å². The van der Waals surface area contributed by atoms with E-state index in [1.165, 1.54) is 6.07 Å². The van der Waals surface area contributed by atoms with Crippen molar-refractivity contribution < 1.29 is 14.7 Å². The summed E-state index contributed by atoms with van der Waals surface area (Å²) in [6.07, 6.45) is 1.95. The molecule has 8 heteroatoms. The number of hydrogen-bond donors (Lipinski definition) is 1. The van der Waals surface area contributed by atoms with Crippen LogP contribution < -0.4 is 4.90 Å². The Bertz CT molecular complexity index is 641. The van der Waals surface area contributed by atoms with E-state index in [0.717, 1.165) is 25.1 Å². The first-order valence-electron chi connectivity index (χ1n) is 6.46. The average Bonchev–Trinajstić information content (AvgIpc) is 2.95. The quantitative estimate of drug-likeness (QED) is 0.667. The summed E-state index contributed by atoms with van der Waals surface area (Å²) in [5.41, 5.74) is 1.22. The fourth-order valence-corrected chi connectivity index (χ4v) is 2.68. The van der Waals surface area contributed by atoms with Gasteiger partial charge in [0.2, 0.25) is 5.52 Å². The maximum absolute atomic E-state index is 10.9. The van der Waals surface area contributed by atoms with Gasteiger partial charge in [0.05, 0.1) is 10.6 Å². The lowest BCUT2D eigenvalue weighted by Gasteiger charge is -2.33. The first-order valence-corrected chi connectivity index (χ1v) is 6.46. The highest BCUT2D eigenvalue weighted by atomic mass is 16.6. The molecule has 20 heavy (non-hydrogen) atoms. The van der Waals surface area contributed by atoms with Gasteiger partial charge < -0.3 is 10.0 Å². The minimum Gasteiger partial charge on any atom is -0.396 e. The molecule has 1 aliphatic rings. The largest absolute Gasteiger partial charge is 0.396 e. The number of hydrogen-bond acceptors (Lipinski definition) is 7. The van der Waals surface area contributed by atoms with Gasteiger partial charge in [0, 0.05) is 25.8 Å². The van der Waals surface area contributed by atoms with E-state index in [1.54, 1.807) is 6.07 Å². The van der Waals surface area contributed by atoms with Crippen molar-refractivity contribution in [3.05, 3.63) is 22.2 Å². The lowest BCUT2D eigenvalue weighted by Crippen LogP contribution is -2.36. The predicted molar refractivity (Wildman–Crippen MR) is 70.5 cm³/mol. The highest BCUT2D eigenvalue weighted by Gasteiger charge is 2.25. The van der Waals surface area contributed by atoms with Crippen LogP contribution in [-0.4, -0.2) is 40.0 Å². The molecule has 0 bridgehead atoms. The average molecular weight is 278 g/mol. The van der Waals surface area contributed by atoms with E-state index in [4.69, 9.17) is 0 Å². The van der Waals surface area contributed by atoms with Crippen LogP contribution in [0.15, 0.2) is 16.8 Å². The number of nitrogens with zero attached hydrogens (tertiary/aromatic N) is 4. The maximum atomic E-state index is 10.9. The Morgan fingerprint density at radius 2 is 2.25 bits per heavy atom. The Morgan fingerprint density at radius 3 is 3.00 bits per heavy atom. The maximum Gasteiger partial charge on any atom is 0.300 e. The molecule has 1 fully saturated rings. The number of aliphatic hydroxyl groups excluding tert-OH is 1. The van der Waals surface area contributed by atoms with E-state index in [1.807, 2.05) is 0 Å². The minimum absolute atomic E-state index is 0.110. The molecule has 1 aliphatic heterocycles. The molecule has 0 amide bonds. The Morgan fingerprint density at radius 1 is 1.45 bits per heavy atom. The molecule has 1 atom stereocenters. The molecule has 0 aliphatic carbocycles. The summed E-state index contributed by atoms with van der Waals surface area (Å²) in [6, 6.07) is 3.09. The van der Waals surface area contributed by atoms with Crippen molar-refractivity contribution in [1.82, 2.24) is 10.3 Å². The fourth-order valence-electron chi connectivity index (χ4n) is 2.68. The van der Waals surface area contributed by atoms with Crippen LogP contribution in [0, 0.1) is 16.0 Å². The molecular weight excluding hydrogens is 264 g/mol. The zero-order valence-electron chi connectivity index (χ0n) is 10.7. The number of anilines is 1. The van der Waals surface area contributed by atoms with Crippen molar-refractivity contribution >= 4 is 22.4 Å².